The molecule has 1 saturated heterocycles. The molecule has 1 aliphatic rings. The molecule has 1 aliphatic heterocycles. The Kier molecular flexibility index (Phi) is 6.01. The summed E-state index contributed by atoms with van der Waals surface area (Å²) in [5.74, 6) is -0.189. The van der Waals surface area contributed by atoms with Gasteiger partial charge in [0.05, 0.1) is 12.2 Å². The minimum atomic E-state index is -0.189. The van der Waals surface area contributed by atoms with E-state index in [1.807, 2.05) is 71.6 Å². The number of aryl methyl sites for hydroxylation is 1. The summed E-state index contributed by atoms with van der Waals surface area (Å²) < 4.78 is 1.88. The first-order chi connectivity index (χ1) is 16.6. The van der Waals surface area contributed by atoms with Crippen LogP contribution in [0.3, 0.4) is 0 Å². The van der Waals surface area contributed by atoms with E-state index in [1.54, 1.807) is 17.3 Å². The van der Waals surface area contributed by atoms with Crippen LogP contribution in [0, 0.1) is 0 Å². The first-order valence-corrected chi connectivity index (χ1v) is 11.5. The molecule has 0 aliphatic carbocycles. The smallest absolute Gasteiger partial charge is 0.281 e. The molecule has 34 heavy (non-hydrogen) atoms. The zero-order valence-electron chi connectivity index (χ0n) is 18.7. The molecule has 2 aromatic carbocycles. The third-order valence-electron chi connectivity index (χ3n) is 5.67. The van der Waals surface area contributed by atoms with Crippen LogP contribution in [0.25, 0.3) is 17.3 Å². The lowest BCUT2D eigenvalue weighted by Gasteiger charge is -2.14. The van der Waals surface area contributed by atoms with Gasteiger partial charge in [-0.1, -0.05) is 49.4 Å². The predicted octanol–water partition coefficient (Wildman–Crippen LogP) is 4.82. The monoisotopic (exact) mass is 465 g/mol. The standard InChI is InChI=1S/C27H23N5OS/c1-2-19-10-6-12-23(14-19)32-26(33)24(29-27(32)34)15-22-18-31(17-20-8-4-3-5-9-20)30-25(22)21-11-7-13-28-16-21/h3-16,18H,2,17H2,1H3,(H,29,34)/b24-15+. The quantitative estimate of drug-likeness (QED) is 0.327. The van der Waals surface area contributed by atoms with Gasteiger partial charge in [0, 0.05) is 29.7 Å². The van der Waals surface area contributed by atoms with Crippen LogP contribution in [0.4, 0.5) is 5.69 Å². The summed E-state index contributed by atoms with van der Waals surface area (Å²) in [6.45, 7) is 2.70. The van der Waals surface area contributed by atoms with Crippen LogP contribution in [-0.2, 0) is 17.8 Å². The van der Waals surface area contributed by atoms with Gasteiger partial charge in [-0.2, -0.15) is 5.10 Å². The number of benzene rings is 2. The van der Waals surface area contributed by atoms with E-state index in [-0.39, 0.29) is 5.91 Å². The Morgan fingerprint density at radius 2 is 1.85 bits per heavy atom. The van der Waals surface area contributed by atoms with Gasteiger partial charge in [0.25, 0.3) is 5.91 Å². The maximum Gasteiger partial charge on any atom is 0.281 e. The van der Waals surface area contributed by atoms with Crippen LogP contribution in [0.1, 0.15) is 23.6 Å². The molecule has 5 rings (SSSR count). The zero-order valence-corrected chi connectivity index (χ0v) is 19.5. The highest BCUT2D eigenvalue weighted by Gasteiger charge is 2.32. The molecule has 0 saturated carbocycles. The Balaban J connectivity index is 1.52. The average molecular weight is 466 g/mol. The van der Waals surface area contributed by atoms with E-state index in [0.717, 1.165) is 40.1 Å². The van der Waals surface area contributed by atoms with Gasteiger partial charge in [-0.3, -0.25) is 19.4 Å². The number of aromatic nitrogens is 3. The van der Waals surface area contributed by atoms with Crippen molar-refractivity contribution in [3.8, 4) is 11.3 Å². The van der Waals surface area contributed by atoms with Crippen molar-refractivity contribution in [2.24, 2.45) is 0 Å². The van der Waals surface area contributed by atoms with Crippen molar-refractivity contribution in [3.05, 3.63) is 108 Å². The van der Waals surface area contributed by atoms with Crippen LogP contribution < -0.4 is 10.2 Å². The van der Waals surface area contributed by atoms with E-state index >= 15 is 0 Å². The Morgan fingerprint density at radius 3 is 2.62 bits per heavy atom. The van der Waals surface area contributed by atoms with Crippen molar-refractivity contribution in [1.82, 2.24) is 20.1 Å². The number of carbonyl (C=O) groups is 1. The number of amides is 1. The van der Waals surface area contributed by atoms with Crippen molar-refractivity contribution >= 4 is 35.0 Å². The van der Waals surface area contributed by atoms with E-state index in [9.17, 15) is 4.79 Å². The zero-order chi connectivity index (χ0) is 23.5. The van der Waals surface area contributed by atoms with E-state index in [4.69, 9.17) is 17.3 Å². The van der Waals surface area contributed by atoms with Crippen molar-refractivity contribution in [2.45, 2.75) is 19.9 Å². The van der Waals surface area contributed by atoms with E-state index in [0.29, 0.717) is 17.4 Å². The third kappa shape index (κ3) is 4.38. The molecule has 1 fully saturated rings. The van der Waals surface area contributed by atoms with Crippen LogP contribution >= 0.6 is 12.2 Å². The second kappa shape index (κ2) is 9.41. The van der Waals surface area contributed by atoms with Gasteiger partial charge in [0.2, 0.25) is 0 Å². The lowest BCUT2D eigenvalue weighted by atomic mass is 10.1. The molecule has 3 heterocycles. The fourth-order valence-corrected chi connectivity index (χ4v) is 4.26. The summed E-state index contributed by atoms with van der Waals surface area (Å²) in [6.07, 6.45) is 8.14. The molecule has 4 aromatic rings. The topological polar surface area (TPSA) is 63.1 Å². The van der Waals surface area contributed by atoms with Crippen molar-refractivity contribution in [3.63, 3.8) is 0 Å². The van der Waals surface area contributed by atoms with Crippen LogP contribution in [0.5, 0.6) is 0 Å². The van der Waals surface area contributed by atoms with E-state index in [2.05, 4.69) is 29.4 Å². The van der Waals surface area contributed by atoms with E-state index in [1.165, 1.54) is 0 Å². The van der Waals surface area contributed by atoms with Crippen LogP contribution in [-0.4, -0.2) is 25.8 Å². The lowest BCUT2D eigenvalue weighted by molar-refractivity contribution is -0.113. The fraction of sp³-hybridized carbons (Fsp3) is 0.111. The largest absolute Gasteiger partial charge is 0.327 e. The number of anilines is 1. The van der Waals surface area contributed by atoms with Gasteiger partial charge in [-0.05, 0) is 60.1 Å². The Morgan fingerprint density at radius 1 is 1.03 bits per heavy atom. The lowest BCUT2D eigenvalue weighted by Crippen LogP contribution is -2.30. The molecule has 0 unspecified atom stereocenters. The molecule has 1 N–H and O–H groups in total. The van der Waals surface area contributed by atoms with Gasteiger partial charge in [0.1, 0.15) is 11.4 Å². The number of hydrogen-bond donors (Lipinski definition) is 1. The Labute approximate surface area is 203 Å². The molecule has 0 bridgehead atoms. The highest BCUT2D eigenvalue weighted by Crippen LogP contribution is 2.27. The fourth-order valence-electron chi connectivity index (χ4n) is 3.96. The first kappa shape index (κ1) is 21.7. The summed E-state index contributed by atoms with van der Waals surface area (Å²) in [7, 11) is 0. The van der Waals surface area contributed by atoms with Gasteiger partial charge in [-0.15, -0.1) is 0 Å². The number of nitrogens with one attached hydrogen (secondary N) is 1. The molecule has 6 nitrogen and oxygen atoms in total. The molecule has 1 amide bonds. The van der Waals surface area contributed by atoms with E-state index < -0.39 is 0 Å². The molecule has 2 aromatic heterocycles. The van der Waals surface area contributed by atoms with Gasteiger partial charge in [-0.25, -0.2) is 0 Å². The number of pyridine rings is 1. The van der Waals surface area contributed by atoms with Gasteiger partial charge in [0.15, 0.2) is 5.11 Å². The minimum absolute atomic E-state index is 0.189. The molecular weight excluding hydrogens is 442 g/mol. The summed E-state index contributed by atoms with van der Waals surface area (Å²) in [4.78, 5) is 19.1. The molecule has 0 spiro atoms. The second-order valence-corrected chi connectivity index (χ2v) is 8.40. The maximum atomic E-state index is 13.3. The number of hydrogen-bond acceptors (Lipinski definition) is 4. The summed E-state index contributed by atoms with van der Waals surface area (Å²) in [6, 6.07) is 21.8. The maximum absolute atomic E-state index is 13.3. The average Bonchev–Trinajstić information content (AvgIpc) is 3.39. The Bertz CT molecular complexity index is 1380. The highest BCUT2D eigenvalue weighted by molar-refractivity contribution is 7.80. The predicted molar refractivity (Wildman–Crippen MR) is 138 cm³/mol. The van der Waals surface area contributed by atoms with Gasteiger partial charge < -0.3 is 5.32 Å². The van der Waals surface area contributed by atoms with Crippen LogP contribution in [0.15, 0.2) is 91.0 Å². The van der Waals surface area contributed by atoms with Crippen molar-refractivity contribution in [1.29, 1.82) is 0 Å². The number of carbonyl (C=O) groups excluding carboxylic acids is 1. The second-order valence-electron chi connectivity index (χ2n) is 8.01. The summed E-state index contributed by atoms with van der Waals surface area (Å²) in [5.41, 5.74) is 5.90. The number of thiocarbonyl (C=S) groups is 1. The highest BCUT2D eigenvalue weighted by atomic mass is 32.1. The van der Waals surface area contributed by atoms with Crippen molar-refractivity contribution < 1.29 is 4.79 Å². The van der Waals surface area contributed by atoms with Crippen LogP contribution in [0.2, 0.25) is 0 Å². The first-order valence-electron chi connectivity index (χ1n) is 11.1. The van der Waals surface area contributed by atoms with Gasteiger partial charge >= 0.3 is 0 Å². The molecule has 168 valence electrons. The normalized spacial score (nSPS) is 14.6. The Hall–Kier alpha value is -4.10. The summed E-state index contributed by atoms with van der Waals surface area (Å²) >= 11 is 5.51. The minimum Gasteiger partial charge on any atom is -0.327 e. The SMILES string of the molecule is CCc1cccc(N2C(=O)/C(=C\c3cn(Cc4ccccc4)nc3-c3cccnc3)NC2=S)c1. The molecule has 7 heteroatoms. The molecule has 0 atom stereocenters. The molecule has 0 radical (unpaired) electrons. The third-order valence-corrected chi connectivity index (χ3v) is 5.95. The van der Waals surface area contributed by atoms with Crippen molar-refractivity contribution in [2.75, 3.05) is 4.90 Å². The number of nitrogens with zero attached hydrogens (tertiary/aromatic N) is 4. The summed E-state index contributed by atoms with van der Waals surface area (Å²) in [5, 5.41) is 8.27. The number of rotatable bonds is 6. The molecular formula is C27H23N5OS.